The van der Waals surface area contributed by atoms with Gasteiger partial charge in [-0.15, -0.1) is 4.91 Å². The Morgan fingerprint density at radius 2 is 1.89 bits per heavy atom. The summed E-state index contributed by atoms with van der Waals surface area (Å²) < 4.78 is 5.50. The first-order valence-corrected chi connectivity index (χ1v) is 5.58. The van der Waals surface area contributed by atoms with E-state index in [-0.39, 0.29) is 17.9 Å². The molecule has 2 aromatic carbocycles. The first-order valence-electron chi connectivity index (χ1n) is 5.58. The molecule has 0 amide bonds. The van der Waals surface area contributed by atoms with Crippen LogP contribution in [0.3, 0.4) is 0 Å². The normalized spacial score (nSPS) is 9.89. The van der Waals surface area contributed by atoms with Crippen LogP contribution in [0.15, 0.2) is 53.7 Å². The molecule has 0 radical (unpaired) electrons. The Morgan fingerprint density at radius 3 is 2.53 bits per heavy atom. The summed E-state index contributed by atoms with van der Waals surface area (Å²) in [6.45, 7) is 0.242. The van der Waals surface area contributed by atoms with E-state index in [0.717, 1.165) is 0 Å². The zero-order valence-corrected chi connectivity index (χ0v) is 9.95. The topological polar surface area (TPSA) is 76.0 Å². The largest absolute Gasteiger partial charge is 0.489 e. The molecule has 2 rings (SSSR count). The summed E-state index contributed by atoms with van der Waals surface area (Å²) in [6.07, 6.45) is 0. The summed E-state index contributed by atoms with van der Waals surface area (Å²) in [7, 11) is 0. The van der Waals surface area contributed by atoms with Crippen molar-refractivity contribution >= 4 is 11.7 Å². The van der Waals surface area contributed by atoms with Gasteiger partial charge in [0.25, 0.3) is 0 Å². The number of hydrogen-bond acceptors (Lipinski definition) is 4. The fourth-order valence-electron chi connectivity index (χ4n) is 1.61. The molecule has 0 aliphatic rings. The highest BCUT2D eigenvalue weighted by molar-refractivity contribution is 5.93. The predicted octanol–water partition coefficient (Wildman–Crippen LogP) is 3.36. The molecule has 0 aliphatic heterocycles. The number of hydrogen-bond donors (Lipinski definition) is 1. The number of nitrogens with zero attached hydrogens (tertiary/aromatic N) is 1. The van der Waals surface area contributed by atoms with E-state index in [1.807, 2.05) is 30.3 Å². The number of benzene rings is 2. The minimum Gasteiger partial charge on any atom is -0.489 e. The van der Waals surface area contributed by atoms with Crippen molar-refractivity contribution in [3.8, 4) is 5.75 Å². The van der Waals surface area contributed by atoms with Crippen LogP contribution in [0.25, 0.3) is 0 Å². The molecule has 0 atom stereocenters. The Bertz CT molecular complexity index is 596. The highest BCUT2D eigenvalue weighted by atomic mass is 16.5. The number of nitroso groups, excluding NO2 is 1. The van der Waals surface area contributed by atoms with Gasteiger partial charge in [0.05, 0.1) is 5.56 Å². The standard InChI is InChI=1S/C14H11NO4/c16-14(17)12-7-6-10(8-13(12)15-18)9-19-11-4-2-1-3-5-11/h1-8H,9H2,(H,16,17). The second kappa shape index (κ2) is 5.77. The van der Waals surface area contributed by atoms with Gasteiger partial charge in [-0.05, 0) is 35.0 Å². The fraction of sp³-hybridized carbons (Fsp3) is 0.0714. The summed E-state index contributed by atoms with van der Waals surface area (Å²) in [6, 6.07) is 13.6. The molecule has 0 aromatic heterocycles. The minimum atomic E-state index is -1.18. The molecule has 0 saturated heterocycles. The summed E-state index contributed by atoms with van der Waals surface area (Å²) in [4.78, 5) is 21.4. The molecule has 0 heterocycles. The molecule has 0 saturated carbocycles. The van der Waals surface area contributed by atoms with E-state index in [1.165, 1.54) is 12.1 Å². The van der Waals surface area contributed by atoms with Gasteiger partial charge in [0.1, 0.15) is 18.0 Å². The SMILES string of the molecule is O=Nc1cc(COc2ccccc2)ccc1C(=O)O. The van der Waals surface area contributed by atoms with E-state index in [9.17, 15) is 9.70 Å². The highest BCUT2D eigenvalue weighted by Crippen LogP contribution is 2.22. The summed E-state index contributed by atoms with van der Waals surface area (Å²) >= 11 is 0. The Kier molecular flexibility index (Phi) is 3.87. The molecule has 5 heteroatoms. The molecule has 19 heavy (non-hydrogen) atoms. The number of para-hydroxylation sites is 1. The second-order valence-corrected chi connectivity index (χ2v) is 3.85. The van der Waals surface area contributed by atoms with Crippen LogP contribution in [0.2, 0.25) is 0 Å². The van der Waals surface area contributed by atoms with E-state index in [4.69, 9.17) is 9.84 Å². The van der Waals surface area contributed by atoms with Crippen molar-refractivity contribution < 1.29 is 14.6 Å². The van der Waals surface area contributed by atoms with Gasteiger partial charge in [-0.1, -0.05) is 24.3 Å². The van der Waals surface area contributed by atoms with E-state index < -0.39 is 5.97 Å². The van der Waals surface area contributed by atoms with Gasteiger partial charge in [0.15, 0.2) is 0 Å². The van der Waals surface area contributed by atoms with Crippen LogP contribution < -0.4 is 4.74 Å². The van der Waals surface area contributed by atoms with Crippen LogP contribution in [0.5, 0.6) is 5.75 Å². The number of carboxylic acids is 1. The first-order chi connectivity index (χ1) is 9.20. The maximum Gasteiger partial charge on any atom is 0.338 e. The molecular formula is C14H11NO4. The number of carboxylic acid groups (broad SMARTS) is 1. The van der Waals surface area contributed by atoms with E-state index in [1.54, 1.807) is 6.07 Å². The van der Waals surface area contributed by atoms with Crippen molar-refractivity contribution in [1.82, 2.24) is 0 Å². The zero-order valence-electron chi connectivity index (χ0n) is 9.95. The van der Waals surface area contributed by atoms with Crippen LogP contribution in [0, 0.1) is 4.91 Å². The third-order valence-corrected chi connectivity index (χ3v) is 2.54. The smallest absolute Gasteiger partial charge is 0.338 e. The lowest BCUT2D eigenvalue weighted by Crippen LogP contribution is -1.99. The molecule has 0 spiro atoms. The summed E-state index contributed by atoms with van der Waals surface area (Å²) in [5.41, 5.74) is 0.476. The van der Waals surface area contributed by atoms with Gasteiger partial charge in [-0.2, -0.15) is 0 Å². The Hall–Kier alpha value is -2.69. The van der Waals surface area contributed by atoms with Crippen molar-refractivity contribution in [2.75, 3.05) is 0 Å². The van der Waals surface area contributed by atoms with Crippen LogP contribution in [-0.4, -0.2) is 11.1 Å². The van der Waals surface area contributed by atoms with Crippen LogP contribution in [-0.2, 0) is 6.61 Å². The maximum absolute atomic E-state index is 10.8. The van der Waals surface area contributed by atoms with Crippen molar-refractivity contribution in [2.45, 2.75) is 6.61 Å². The van der Waals surface area contributed by atoms with E-state index in [2.05, 4.69) is 5.18 Å². The molecule has 96 valence electrons. The zero-order chi connectivity index (χ0) is 13.7. The lowest BCUT2D eigenvalue weighted by atomic mass is 10.1. The average Bonchev–Trinajstić information content (AvgIpc) is 2.45. The summed E-state index contributed by atoms with van der Waals surface area (Å²) in [5, 5.41) is 11.6. The van der Waals surface area contributed by atoms with Crippen molar-refractivity contribution in [2.24, 2.45) is 5.18 Å². The van der Waals surface area contributed by atoms with Gasteiger partial charge in [-0.25, -0.2) is 4.79 Å². The third kappa shape index (κ3) is 3.16. The monoisotopic (exact) mass is 257 g/mol. The number of rotatable bonds is 5. The Labute approximate surface area is 109 Å². The van der Waals surface area contributed by atoms with Crippen LogP contribution >= 0.6 is 0 Å². The number of carbonyl (C=O) groups is 1. The molecule has 0 aliphatic carbocycles. The van der Waals surface area contributed by atoms with E-state index in [0.29, 0.717) is 11.3 Å². The van der Waals surface area contributed by atoms with Crippen molar-refractivity contribution in [1.29, 1.82) is 0 Å². The average molecular weight is 257 g/mol. The molecule has 1 N–H and O–H groups in total. The van der Waals surface area contributed by atoms with Gasteiger partial charge in [0.2, 0.25) is 0 Å². The second-order valence-electron chi connectivity index (χ2n) is 3.85. The van der Waals surface area contributed by atoms with Gasteiger partial charge >= 0.3 is 5.97 Å². The lowest BCUT2D eigenvalue weighted by molar-refractivity contribution is 0.0698. The number of aromatic carboxylic acids is 1. The minimum absolute atomic E-state index is 0.0957. The van der Waals surface area contributed by atoms with Crippen molar-refractivity contribution in [3.63, 3.8) is 0 Å². The molecule has 0 unspecified atom stereocenters. The predicted molar refractivity (Wildman–Crippen MR) is 69.6 cm³/mol. The van der Waals surface area contributed by atoms with Crippen LogP contribution in [0.4, 0.5) is 5.69 Å². The third-order valence-electron chi connectivity index (χ3n) is 2.54. The van der Waals surface area contributed by atoms with Gasteiger partial charge in [-0.3, -0.25) is 0 Å². The van der Waals surface area contributed by atoms with Gasteiger partial charge < -0.3 is 9.84 Å². The van der Waals surface area contributed by atoms with Crippen LogP contribution in [0.1, 0.15) is 15.9 Å². The lowest BCUT2D eigenvalue weighted by Gasteiger charge is -2.07. The molecular weight excluding hydrogens is 246 g/mol. The summed E-state index contributed by atoms with van der Waals surface area (Å²) in [5.74, 6) is -0.476. The molecule has 2 aromatic rings. The van der Waals surface area contributed by atoms with Crippen molar-refractivity contribution in [3.05, 3.63) is 64.6 Å². The highest BCUT2D eigenvalue weighted by Gasteiger charge is 2.11. The first kappa shape index (κ1) is 12.8. The number of ether oxygens (including phenoxy) is 1. The van der Waals surface area contributed by atoms with Gasteiger partial charge in [0, 0.05) is 0 Å². The van der Waals surface area contributed by atoms with E-state index >= 15 is 0 Å². The Balaban J connectivity index is 2.13. The quantitative estimate of drug-likeness (QED) is 0.833. The Morgan fingerprint density at radius 1 is 1.16 bits per heavy atom. The molecule has 0 fully saturated rings. The fourth-order valence-corrected chi connectivity index (χ4v) is 1.61. The maximum atomic E-state index is 10.8. The molecule has 0 bridgehead atoms. The molecule has 5 nitrogen and oxygen atoms in total.